The van der Waals surface area contributed by atoms with Crippen LogP contribution in [0.5, 0.6) is 0 Å². The van der Waals surface area contributed by atoms with Crippen LogP contribution >= 0.6 is 0 Å². The van der Waals surface area contributed by atoms with Crippen LogP contribution in [0.1, 0.15) is 36.1 Å². The molecule has 2 N–H and O–H groups in total. The van der Waals surface area contributed by atoms with Gasteiger partial charge in [0.25, 0.3) is 5.92 Å². The van der Waals surface area contributed by atoms with Gasteiger partial charge in [-0.3, -0.25) is 4.79 Å². The minimum atomic E-state index is -4.51. The summed E-state index contributed by atoms with van der Waals surface area (Å²) in [6.07, 6.45) is -5.37. The molecule has 45 heavy (non-hydrogen) atoms. The van der Waals surface area contributed by atoms with Gasteiger partial charge in [0.2, 0.25) is 5.91 Å². The Bertz CT molecular complexity index is 1670. The third-order valence-electron chi connectivity index (χ3n) is 7.28. The molecule has 1 aromatic heterocycles. The van der Waals surface area contributed by atoms with E-state index in [0.717, 1.165) is 34.1 Å². The van der Waals surface area contributed by atoms with E-state index in [2.05, 4.69) is 15.6 Å². The number of aromatic nitrogens is 1. The molecule has 6 nitrogen and oxygen atoms in total. The number of nitrogens with zero attached hydrogens (tertiary/aromatic N) is 2. The Balaban J connectivity index is 1.39. The molecule has 3 atom stereocenters. The fourth-order valence-corrected chi connectivity index (χ4v) is 6.31. The Morgan fingerprint density at radius 2 is 1.69 bits per heavy atom. The van der Waals surface area contributed by atoms with Crippen molar-refractivity contribution in [2.24, 2.45) is 0 Å². The van der Waals surface area contributed by atoms with E-state index < -0.39 is 59.4 Å². The highest BCUT2D eigenvalue weighted by Crippen LogP contribution is 2.35. The van der Waals surface area contributed by atoms with Crippen molar-refractivity contribution in [3.63, 3.8) is 0 Å². The van der Waals surface area contributed by atoms with Crippen molar-refractivity contribution in [1.82, 2.24) is 14.6 Å². The lowest BCUT2D eigenvalue weighted by atomic mass is 10.1. The first kappa shape index (κ1) is 32.2. The smallest absolute Gasteiger partial charge is 0.364 e. The molecule has 1 saturated heterocycles. The summed E-state index contributed by atoms with van der Waals surface area (Å²) in [6, 6.07) is 20.0. The lowest BCUT2D eigenvalue weighted by Gasteiger charge is -2.22. The third-order valence-corrected chi connectivity index (χ3v) is 8.77. The highest BCUT2D eigenvalue weighted by molar-refractivity contribution is 7.82. The second-order valence-electron chi connectivity index (χ2n) is 10.7. The van der Waals surface area contributed by atoms with Gasteiger partial charge in [0.1, 0.15) is 28.7 Å². The lowest BCUT2D eigenvalue weighted by molar-refractivity contribution is -0.137. The Labute approximate surface area is 258 Å². The van der Waals surface area contributed by atoms with Gasteiger partial charge in [0.05, 0.1) is 22.7 Å². The van der Waals surface area contributed by atoms with Crippen LogP contribution in [0.2, 0.25) is 0 Å². The van der Waals surface area contributed by atoms with E-state index >= 15 is 0 Å². The summed E-state index contributed by atoms with van der Waals surface area (Å²) in [6.45, 7) is 0.843. The van der Waals surface area contributed by atoms with Gasteiger partial charge in [-0.05, 0) is 66.6 Å². The largest absolute Gasteiger partial charge is 0.416 e. The van der Waals surface area contributed by atoms with E-state index in [1.165, 1.54) is 24.3 Å². The van der Waals surface area contributed by atoms with Crippen LogP contribution in [0.25, 0.3) is 11.3 Å². The van der Waals surface area contributed by atoms with Crippen molar-refractivity contribution in [2.75, 3.05) is 11.9 Å². The number of pyridine rings is 1. The van der Waals surface area contributed by atoms with Crippen LogP contribution in [0.3, 0.4) is 0 Å². The molecule has 1 aliphatic heterocycles. The monoisotopic (exact) mass is 646 g/mol. The zero-order valence-corrected chi connectivity index (χ0v) is 24.6. The topological polar surface area (TPSA) is 74.3 Å². The van der Waals surface area contributed by atoms with Gasteiger partial charge in [0, 0.05) is 24.6 Å². The molecule has 0 bridgehead atoms. The summed E-state index contributed by atoms with van der Waals surface area (Å²) < 4.78 is 95.7. The van der Waals surface area contributed by atoms with Crippen molar-refractivity contribution in [3.8, 4) is 11.3 Å². The predicted molar refractivity (Wildman–Crippen MR) is 158 cm³/mol. The molecule has 1 aliphatic rings. The van der Waals surface area contributed by atoms with E-state index in [9.17, 15) is 35.3 Å². The zero-order valence-electron chi connectivity index (χ0n) is 23.8. The highest BCUT2D eigenvalue weighted by atomic mass is 32.2. The van der Waals surface area contributed by atoms with Crippen molar-refractivity contribution in [3.05, 3.63) is 114 Å². The van der Waals surface area contributed by atoms with Crippen molar-refractivity contribution < 1.29 is 35.3 Å². The number of amides is 1. The van der Waals surface area contributed by atoms with Crippen molar-refractivity contribution in [2.45, 2.75) is 49.0 Å². The number of benzene rings is 3. The number of alkyl halides is 5. The number of rotatable bonds is 9. The minimum Gasteiger partial charge on any atom is -0.364 e. The Morgan fingerprint density at radius 3 is 2.33 bits per heavy atom. The van der Waals surface area contributed by atoms with Gasteiger partial charge in [-0.2, -0.15) is 13.2 Å². The van der Waals surface area contributed by atoms with E-state index in [-0.39, 0.29) is 17.5 Å². The molecule has 0 aliphatic carbocycles. The van der Waals surface area contributed by atoms with Crippen LogP contribution < -0.4 is 10.6 Å². The molecular formula is C32H28F6N4O2S. The first-order chi connectivity index (χ1) is 21.3. The standard InChI is InChI=1S/C32H28F6N4O2S/c1-20(22-5-3-2-4-6-22)40-29-16-21(15-27(41-29)23-7-9-24(10-8-23)32(36,37)38)18-39-30(43)28-17-31(34,35)19-42(28)45(44)26-13-11-25(33)12-14-26/h2-16,20,28H,17-19H2,1H3,(H,39,43)(H,40,41). The number of halogens is 6. The predicted octanol–water partition coefficient (Wildman–Crippen LogP) is 7.13. The third kappa shape index (κ3) is 7.90. The summed E-state index contributed by atoms with van der Waals surface area (Å²) in [5.41, 5.74) is 1.34. The molecule has 0 radical (unpaired) electrons. The summed E-state index contributed by atoms with van der Waals surface area (Å²) in [5.74, 6) is -4.28. The SMILES string of the molecule is CC(Nc1cc(CNC(=O)C2CC(F)(F)CN2S(=O)c2ccc(F)cc2)cc(-c2ccc(C(F)(F)F)cc2)n1)c1ccccc1. The molecule has 13 heteroatoms. The number of hydrogen-bond acceptors (Lipinski definition) is 4. The van der Waals surface area contributed by atoms with Gasteiger partial charge >= 0.3 is 6.18 Å². The normalized spacial score (nSPS) is 17.9. The molecule has 236 valence electrons. The van der Waals surface area contributed by atoms with Gasteiger partial charge < -0.3 is 10.6 Å². The van der Waals surface area contributed by atoms with E-state index in [1.54, 1.807) is 12.1 Å². The summed E-state index contributed by atoms with van der Waals surface area (Å²) >= 11 is 0. The Morgan fingerprint density at radius 1 is 1.02 bits per heavy atom. The Hall–Kier alpha value is -4.23. The van der Waals surface area contributed by atoms with Gasteiger partial charge in [0.15, 0.2) is 0 Å². The lowest BCUT2D eigenvalue weighted by Crippen LogP contribution is -2.43. The fourth-order valence-electron chi connectivity index (χ4n) is 4.97. The summed E-state index contributed by atoms with van der Waals surface area (Å²) in [7, 11) is -2.15. The average molecular weight is 647 g/mol. The average Bonchev–Trinajstić information content (AvgIpc) is 3.35. The van der Waals surface area contributed by atoms with E-state index in [4.69, 9.17) is 0 Å². The second-order valence-corrected chi connectivity index (χ2v) is 12.1. The van der Waals surface area contributed by atoms with Crippen LogP contribution in [0.4, 0.5) is 32.2 Å². The maximum atomic E-state index is 14.5. The molecule has 0 saturated carbocycles. The number of anilines is 1. The van der Waals surface area contributed by atoms with Gasteiger partial charge in [-0.15, -0.1) is 0 Å². The maximum absolute atomic E-state index is 14.5. The molecule has 0 spiro atoms. The molecule has 1 amide bonds. The Kier molecular flexibility index (Phi) is 9.31. The van der Waals surface area contributed by atoms with Crippen molar-refractivity contribution in [1.29, 1.82) is 0 Å². The number of carbonyl (C=O) groups excluding carboxylic acids is 1. The molecule has 2 heterocycles. The molecular weight excluding hydrogens is 618 g/mol. The summed E-state index contributed by atoms with van der Waals surface area (Å²) in [4.78, 5) is 17.9. The molecule has 3 aromatic carbocycles. The molecule has 1 fully saturated rings. The highest BCUT2D eigenvalue weighted by Gasteiger charge is 2.50. The maximum Gasteiger partial charge on any atom is 0.416 e. The number of carbonyl (C=O) groups is 1. The molecule has 4 aromatic rings. The number of hydrogen-bond donors (Lipinski definition) is 2. The van der Waals surface area contributed by atoms with E-state index in [0.29, 0.717) is 22.6 Å². The molecule has 5 rings (SSSR count). The molecule has 3 unspecified atom stereocenters. The quantitative estimate of drug-likeness (QED) is 0.190. The zero-order chi connectivity index (χ0) is 32.4. The van der Waals surface area contributed by atoms with E-state index in [1.807, 2.05) is 37.3 Å². The van der Waals surface area contributed by atoms with Crippen LogP contribution in [0, 0.1) is 5.82 Å². The fraction of sp³-hybridized carbons (Fsp3) is 0.250. The number of nitrogens with one attached hydrogen (secondary N) is 2. The van der Waals surface area contributed by atoms with Gasteiger partial charge in [-0.25, -0.2) is 26.7 Å². The van der Waals surface area contributed by atoms with Crippen LogP contribution in [0.15, 0.2) is 95.9 Å². The first-order valence-electron chi connectivity index (χ1n) is 13.9. The minimum absolute atomic E-state index is 0.0745. The van der Waals surface area contributed by atoms with Gasteiger partial charge in [-0.1, -0.05) is 42.5 Å². The first-order valence-corrected chi connectivity index (χ1v) is 15.0. The summed E-state index contributed by atoms with van der Waals surface area (Å²) in [5, 5.41) is 5.90. The van der Waals surface area contributed by atoms with Crippen molar-refractivity contribution >= 4 is 22.7 Å². The second kappa shape index (κ2) is 13.0. The van der Waals surface area contributed by atoms with Crippen LogP contribution in [-0.2, 0) is 28.5 Å². The van der Waals surface area contributed by atoms with Crippen LogP contribution in [-0.4, -0.2) is 37.9 Å².